The first-order chi connectivity index (χ1) is 9.47. The van der Waals surface area contributed by atoms with Crippen LogP contribution in [0.2, 0.25) is 0 Å². The standard InChI is InChI=1S/C13H13N3O3S/c1-7-3-4-9(5-14-7)11(17)15-8(2)12-16-10(6-20-12)13(18)19/h3-6,8H,1-2H3,(H,15,17)(H,18,19). The van der Waals surface area contributed by atoms with Gasteiger partial charge in [0.2, 0.25) is 0 Å². The molecule has 1 amide bonds. The zero-order valence-corrected chi connectivity index (χ0v) is 11.8. The van der Waals surface area contributed by atoms with Gasteiger partial charge in [0.1, 0.15) is 5.01 Å². The lowest BCUT2D eigenvalue weighted by molar-refractivity contribution is 0.0691. The molecular formula is C13H13N3O3S. The molecule has 0 fully saturated rings. The number of rotatable bonds is 4. The minimum absolute atomic E-state index is 0.0110. The molecule has 0 aliphatic carbocycles. The Bertz CT molecular complexity index is 637. The second kappa shape index (κ2) is 5.79. The molecule has 0 aromatic carbocycles. The van der Waals surface area contributed by atoms with Crippen molar-refractivity contribution in [3.8, 4) is 0 Å². The van der Waals surface area contributed by atoms with Crippen LogP contribution < -0.4 is 5.32 Å². The highest BCUT2D eigenvalue weighted by Gasteiger charge is 2.16. The number of carbonyl (C=O) groups excluding carboxylic acids is 1. The van der Waals surface area contributed by atoms with Gasteiger partial charge >= 0.3 is 5.97 Å². The number of pyridine rings is 1. The summed E-state index contributed by atoms with van der Waals surface area (Å²) in [5.41, 5.74) is 1.28. The van der Waals surface area contributed by atoms with Crippen LogP contribution in [0.4, 0.5) is 0 Å². The van der Waals surface area contributed by atoms with E-state index in [9.17, 15) is 9.59 Å². The van der Waals surface area contributed by atoms with Gasteiger partial charge in [-0.25, -0.2) is 9.78 Å². The van der Waals surface area contributed by atoms with E-state index in [2.05, 4.69) is 15.3 Å². The van der Waals surface area contributed by atoms with Crippen LogP contribution in [0, 0.1) is 6.92 Å². The Hall–Kier alpha value is -2.28. The van der Waals surface area contributed by atoms with Crippen LogP contribution in [0.3, 0.4) is 0 Å². The number of amides is 1. The summed E-state index contributed by atoms with van der Waals surface area (Å²) in [6.07, 6.45) is 1.50. The van der Waals surface area contributed by atoms with Crippen molar-refractivity contribution in [2.45, 2.75) is 19.9 Å². The van der Waals surface area contributed by atoms with E-state index in [1.54, 1.807) is 19.1 Å². The first kappa shape index (κ1) is 14.1. The second-order valence-corrected chi connectivity index (χ2v) is 5.15. The molecule has 104 valence electrons. The molecule has 0 aliphatic rings. The number of nitrogens with zero attached hydrogens (tertiary/aromatic N) is 2. The van der Waals surface area contributed by atoms with E-state index in [4.69, 9.17) is 5.11 Å². The molecule has 0 bridgehead atoms. The van der Waals surface area contributed by atoms with Crippen molar-refractivity contribution in [2.75, 3.05) is 0 Å². The van der Waals surface area contributed by atoms with Gasteiger partial charge < -0.3 is 10.4 Å². The number of carboxylic acid groups (broad SMARTS) is 1. The molecule has 1 unspecified atom stereocenters. The number of nitrogens with one attached hydrogen (secondary N) is 1. The minimum Gasteiger partial charge on any atom is -0.476 e. The SMILES string of the molecule is Cc1ccc(C(=O)NC(C)c2nc(C(=O)O)cs2)cn1. The largest absolute Gasteiger partial charge is 0.476 e. The van der Waals surface area contributed by atoms with Gasteiger partial charge in [-0.2, -0.15) is 0 Å². The Balaban J connectivity index is 2.06. The molecule has 2 rings (SSSR count). The molecule has 0 saturated heterocycles. The number of aromatic nitrogens is 2. The number of hydrogen-bond acceptors (Lipinski definition) is 5. The van der Waals surface area contributed by atoms with Crippen molar-refractivity contribution in [2.24, 2.45) is 0 Å². The lowest BCUT2D eigenvalue weighted by Gasteiger charge is -2.11. The van der Waals surface area contributed by atoms with Crippen LogP contribution >= 0.6 is 11.3 Å². The van der Waals surface area contributed by atoms with Crippen molar-refractivity contribution in [3.63, 3.8) is 0 Å². The van der Waals surface area contributed by atoms with E-state index >= 15 is 0 Å². The molecule has 20 heavy (non-hydrogen) atoms. The molecule has 0 saturated carbocycles. The molecule has 2 aromatic rings. The molecule has 0 radical (unpaired) electrons. The Kier molecular flexibility index (Phi) is 4.09. The molecule has 0 aliphatic heterocycles. The molecule has 2 aromatic heterocycles. The molecular weight excluding hydrogens is 278 g/mol. The maximum atomic E-state index is 12.0. The van der Waals surface area contributed by atoms with E-state index in [0.717, 1.165) is 5.69 Å². The Morgan fingerprint density at radius 3 is 2.70 bits per heavy atom. The van der Waals surface area contributed by atoms with Gasteiger partial charge in [0.25, 0.3) is 5.91 Å². The molecule has 6 nitrogen and oxygen atoms in total. The monoisotopic (exact) mass is 291 g/mol. The fourth-order valence-corrected chi connectivity index (χ4v) is 2.33. The van der Waals surface area contributed by atoms with E-state index < -0.39 is 5.97 Å². The summed E-state index contributed by atoms with van der Waals surface area (Å²) in [5, 5.41) is 13.6. The van der Waals surface area contributed by atoms with Gasteiger partial charge in [0.05, 0.1) is 11.6 Å². The zero-order valence-electron chi connectivity index (χ0n) is 11.0. The van der Waals surface area contributed by atoms with Crippen LogP contribution in [0.15, 0.2) is 23.7 Å². The van der Waals surface area contributed by atoms with Crippen molar-refractivity contribution < 1.29 is 14.7 Å². The Morgan fingerprint density at radius 2 is 2.15 bits per heavy atom. The van der Waals surface area contributed by atoms with Gasteiger partial charge in [-0.1, -0.05) is 0 Å². The number of thiazole rings is 1. The van der Waals surface area contributed by atoms with E-state index in [1.165, 1.54) is 22.9 Å². The average molecular weight is 291 g/mol. The van der Waals surface area contributed by atoms with Gasteiger partial charge in [-0.3, -0.25) is 9.78 Å². The highest BCUT2D eigenvalue weighted by atomic mass is 32.1. The predicted octanol–water partition coefficient (Wildman–Crippen LogP) is 2.04. The summed E-state index contributed by atoms with van der Waals surface area (Å²) >= 11 is 1.20. The number of carbonyl (C=O) groups is 2. The van der Waals surface area contributed by atoms with Gasteiger partial charge in [-0.05, 0) is 26.0 Å². The van der Waals surface area contributed by atoms with Crippen molar-refractivity contribution >= 4 is 23.2 Å². The zero-order chi connectivity index (χ0) is 14.7. The third-order valence-electron chi connectivity index (χ3n) is 2.63. The van der Waals surface area contributed by atoms with E-state index in [1.807, 2.05) is 6.92 Å². The summed E-state index contributed by atoms with van der Waals surface area (Å²) in [5.74, 6) is -1.34. The quantitative estimate of drug-likeness (QED) is 0.899. The van der Waals surface area contributed by atoms with Crippen molar-refractivity contribution in [1.82, 2.24) is 15.3 Å². The number of hydrogen-bond donors (Lipinski definition) is 2. The maximum Gasteiger partial charge on any atom is 0.355 e. The van der Waals surface area contributed by atoms with E-state index in [-0.39, 0.29) is 17.6 Å². The van der Waals surface area contributed by atoms with Crippen molar-refractivity contribution in [3.05, 3.63) is 45.7 Å². The molecule has 1 atom stereocenters. The van der Waals surface area contributed by atoms with Crippen LogP contribution in [0.1, 0.15) is 44.5 Å². The van der Waals surface area contributed by atoms with Crippen LogP contribution in [-0.4, -0.2) is 27.0 Å². The smallest absolute Gasteiger partial charge is 0.355 e. The highest BCUT2D eigenvalue weighted by molar-refractivity contribution is 7.09. The van der Waals surface area contributed by atoms with Gasteiger partial charge in [0.15, 0.2) is 5.69 Å². The predicted molar refractivity (Wildman–Crippen MR) is 73.9 cm³/mol. The molecule has 2 heterocycles. The third kappa shape index (κ3) is 3.18. The number of carboxylic acids is 1. The summed E-state index contributed by atoms with van der Waals surface area (Å²) in [7, 11) is 0. The molecule has 2 N–H and O–H groups in total. The topological polar surface area (TPSA) is 92.2 Å². The molecule has 7 heteroatoms. The fraction of sp³-hybridized carbons (Fsp3) is 0.231. The third-order valence-corrected chi connectivity index (χ3v) is 3.66. The minimum atomic E-state index is -1.08. The van der Waals surface area contributed by atoms with Crippen molar-refractivity contribution in [1.29, 1.82) is 0 Å². The summed E-state index contributed by atoms with van der Waals surface area (Å²) in [6, 6.07) is 3.09. The van der Waals surface area contributed by atoms with Gasteiger partial charge in [0, 0.05) is 17.3 Å². The summed E-state index contributed by atoms with van der Waals surface area (Å²) in [4.78, 5) is 30.8. The number of aryl methyl sites for hydroxylation is 1. The van der Waals surface area contributed by atoms with Crippen LogP contribution in [0.5, 0.6) is 0 Å². The lowest BCUT2D eigenvalue weighted by atomic mass is 10.2. The highest BCUT2D eigenvalue weighted by Crippen LogP contribution is 2.18. The normalized spacial score (nSPS) is 11.9. The average Bonchev–Trinajstić information content (AvgIpc) is 2.89. The Morgan fingerprint density at radius 1 is 1.40 bits per heavy atom. The molecule has 0 spiro atoms. The fourth-order valence-electron chi connectivity index (χ4n) is 1.53. The first-order valence-corrected chi connectivity index (χ1v) is 6.77. The van der Waals surface area contributed by atoms with Crippen LogP contribution in [-0.2, 0) is 0 Å². The first-order valence-electron chi connectivity index (χ1n) is 5.89. The van der Waals surface area contributed by atoms with E-state index in [0.29, 0.717) is 10.6 Å². The second-order valence-electron chi connectivity index (χ2n) is 4.26. The summed E-state index contributed by atoms with van der Waals surface area (Å²) < 4.78 is 0. The Labute approximate surface area is 119 Å². The van der Waals surface area contributed by atoms with Gasteiger partial charge in [-0.15, -0.1) is 11.3 Å². The summed E-state index contributed by atoms with van der Waals surface area (Å²) in [6.45, 7) is 3.59. The maximum absolute atomic E-state index is 12.0. The number of aromatic carboxylic acids is 1. The lowest BCUT2D eigenvalue weighted by Crippen LogP contribution is -2.26. The van der Waals surface area contributed by atoms with Crippen LogP contribution in [0.25, 0.3) is 0 Å².